The number of aromatic nitrogens is 2. The first-order valence-corrected chi connectivity index (χ1v) is 9.24. The molecule has 1 heterocycles. The smallest absolute Gasteiger partial charge is 0.321 e. The third-order valence-electron chi connectivity index (χ3n) is 4.67. The van der Waals surface area contributed by atoms with Gasteiger partial charge in [-0.05, 0) is 17.0 Å². The fourth-order valence-electron chi connectivity index (χ4n) is 3.24. The molecule has 0 bridgehead atoms. The lowest BCUT2D eigenvalue weighted by Gasteiger charge is -2.18. The molecule has 0 aliphatic carbocycles. The molecular weight excluding hydrogens is 348 g/mol. The highest BCUT2D eigenvalue weighted by Gasteiger charge is 2.12. The third-order valence-corrected chi connectivity index (χ3v) is 4.67. The molecule has 5 heteroatoms. The van der Waals surface area contributed by atoms with Crippen LogP contribution in [0.25, 0.3) is 10.8 Å². The second kappa shape index (κ2) is 7.96. The van der Waals surface area contributed by atoms with Crippen molar-refractivity contribution in [3.8, 4) is 0 Å². The molecule has 0 atom stereocenters. The fourth-order valence-corrected chi connectivity index (χ4v) is 3.24. The molecule has 4 rings (SSSR count). The predicted octanol–water partition coefficient (Wildman–Crippen LogP) is 4.75. The Labute approximate surface area is 164 Å². The molecule has 0 aliphatic rings. The number of anilines is 1. The van der Waals surface area contributed by atoms with Crippen molar-refractivity contribution in [3.63, 3.8) is 0 Å². The van der Waals surface area contributed by atoms with Gasteiger partial charge in [0.25, 0.3) is 0 Å². The summed E-state index contributed by atoms with van der Waals surface area (Å²) in [6.07, 6.45) is 3.79. The van der Waals surface area contributed by atoms with E-state index in [1.165, 1.54) is 5.56 Å². The van der Waals surface area contributed by atoms with Gasteiger partial charge in [-0.2, -0.15) is 5.10 Å². The Bertz CT molecular complexity index is 1080. The number of urea groups is 1. The SMILES string of the molecule is CN(Cc1cnn(Cc2ccccc2)c1)C(=O)Nc1cccc2ccccc12. The van der Waals surface area contributed by atoms with Gasteiger partial charge in [-0.3, -0.25) is 4.68 Å². The Balaban J connectivity index is 1.41. The van der Waals surface area contributed by atoms with Crippen molar-refractivity contribution < 1.29 is 4.79 Å². The van der Waals surface area contributed by atoms with E-state index in [-0.39, 0.29) is 6.03 Å². The summed E-state index contributed by atoms with van der Waals surface area (Å²) < 4.78 is 1.89. The first-order valence-electron chi connectivity index (χ1n) is 9.24. The molecule has 2 amide bonds. The number of nitrogens with one attached hydrogen (secondary N) is 1. The average molecular weight is 370 g/mol. The predicted molar refractivity (Wildman–Crippen MR) is 112 cm³/mol. The molecule has 0 spiro atoms. The van der Waals surface area contributed by atoms with Crippen molar-refractivity contribution in [3.05, 3.63) is 96.3 Å². The lowest BCUT2D eigenvalue weighted by Crippen LogP contribution is -2.30. The normalized spacial score (nSPS) is 10.8. The lowest BCUT2D eigenvalue weighted by atomic mass is 10.1. The Morgan fingerprint density at radius 1 is 0.964 bits per heavy atom. The van der Waals surface area contributed by atoms with Crippen LogP contribution in [0.2, 0.25) is 0 Å². The van der Waals surface area contributed by atoms with Crippen LogP contribution in [0.4, 0.5) is 10.5 Å². The minimum absolute atomic E-state index is 0.146. The van der Waals surface area contributed by atoms with Gasteiger partial charge in [0.2, 0.25) is 0 Å². The highest BCUT2D eigenvalue weighted by molar-refractivity contribution is 6.01. The topological polar surface area (TPSA) is 50.2 Å². The van der Waals surface area contributed by atoms with Gasteiger partial charge in [-0.15, -0.1) is 0 Å². The molecule has 28 heavy (non-hydrogen) atoms. The number of nitrogens with zero attached hydrogens (tertiary/aromatic N) is 3. The van der Waals surface area contributed by atoms with E-state index in [1.807, 2.05) is 77.7 Å². The molecule has 0 saturated heterocycles. The van der Waals surface area contributed by atoms with Crippen molar-refractivity contribution in [1.29, 1.82) is 0 Å². The standard InChI is InChI=1S/C23H22N4O/c1-26(15-19-14-24-27(17-19)16-18-8-3-2-4-9-18)23(28)25-22-13-7-11-20-10-5-6-12-21(20)22/h2-14,17H,15-16H2,1H3,(H,25,28). The van der Waals surface area contributed by atoms with Gasteiger partial charge in [0.05, 0.1) is 25.0 Å². The summed E-state index contributed by atoms with van der Waals surface area (Å²) in [5.41, 5.74) is 3.00. The Hall–Kier alpha value is -3.60. The van der Waals surface area contributed by atoms with Crippen molar-refractivity contribution >= 4 is 22.5 Å². The summed E-state index contributed by atoms with van der Waals surface area (Å²) in [6.45, 7) is 1.21. The molecule has 0 unspecified atom stereocenters. The molecule has 0 aliphatic heterocycles. The molecule has 1 N–H and O–H groups in total. The molecule has 1 aromatic heterocycles. The van der Waals surface area contributed by atoms with Gasteiger partial charge in [-0.1, -0.05) is 66.7 Å². The van der Waals surface area contributed by atoms with E-state index in [0.29, 0.717) is 13.1 Å². The average Bonchev–Trinajstić information content (AvgIpc) is 3.15. The van der Waals surface area contributed by atoms with Crippen LogP contribution in [0.5, 0.6) is 0 Å². The van der Waals surface area contributed by atoms with Crippen LogP contribution >= 0.6 is 0 Å². The van der Waals surface area contributed by atoms with Crippen molar-refractivity contribution in [2.45, 2.75) is 13.1 Å². The van der Waals surface area contributed by atoms with Gasteiger partial charge in [-0.25, -0.2) is 4.79 Å². The van der Waals surface area contributed by atoms with Crippen molar-refractivity contribution in [1.82, 2.24) is 14.7 Å². The van der Waals surface area contributed by atoms with Crippen LogP contribution in [0.15, 0.2) is 85.2 Å². The molecule has 4 aromatic rings. The van der Waals surface area contributed by atoms with Gasteiger partial charge >= 0.3 is 6.03 Å². The summed E-state index contributed by atoms with van der Waals surface area (Å²) in [5.74, 6) is 0. The number of amides is 2. The van der Waals surface area contributed by atoms with E-state index in [4.69, 9.17) is 0 Å². The van der Waals surface area contributed by atoms with Crippen LogP contribution in [0, 0.1) is 0 Å². The Morgan fingerprint density at radius 3 is 2.57 bits per heavy atom. The molecule has 0 fully saturated rings. The Kier molecular flexibility index (Phi) is 5.06. The van der Waals surface area contributed by atoms with Gasteiger partial charge in [0, 0.05) is 24.2 Å². The summed E-state index contributed by atoms with van der Waals surface area (Å²) in [5, 5.41) is 9.55. The van der Waals surface area contributed by atoms with Gasteiger partial charge in [0.1, 0.15) is 0 Å². The summed E-state index contributed by atoms with van der Waals surface area (Å²) in [4.78, 5) is 14.3. The lowest BCUT2D eigenvalue weighted by molar-refractivity contribution is 0.220. The second-order valence-electron chi connectivity index (χ2n) is 6.84. The minimum Gasteiger partial charge on any atom is -0.323 e. The Morgan fingerprint density at radius 2 is 1.71 bits per heavy atom. The van der Waals surface area contributed by atoms with Crippen LogP contribution in [0.3, 0.4) is 0 Å². The number of carbonyl (C=O) groups is 1. The molecular formula is C23H22N4O. The second-order valence-corrected chi connectivity index (χ2v) is 6.84. The van der Waals surface area contributed by atoms with E-state index in [0.717, 1.165) is 22.0 Å². The molecule has 5 nitrogen and oxygen atoms in total. The van der Waals surface area contributed by atoms with Crippen LogP contribution < -0.4 is 5.32 Å². The summed E-state index contributed by atoms with van der Waals surface area (Å²) in [6, 6.07) is 24.0. The highest BCUT2D eigenvalue weighted by Crippen LogP contribution is 2.23. The first-order chi connectivity index (χ1) is 13.7. The van der Waals surface area contributed by atoms with E-state index in [2.05, 4.69) is 22.5 Å². The number of rotatable bonds is 5. The zero-order valence-electron chi connectivity index (χ0n) is 15.7. The van der Waals surface area contributed by atoms with E-state index in [1.54, 1.807) is 11.9 Å². The number of hydrogen-bond donors (Lipinski definition) is 1. The van der Waals surface area contributed by atoms with Crippen LogP contribution in [0.1, 0.15) is 11.1 Å². The first kappa shape index (κ1) is 17.8. The maximum atomic E-state index is 12.6. The van der Waals surface area contributed by atoms with E-state index < -0.39 is 0 Å². The van der Waals surface area contributed by atoms with Crippen molar-refractivity contribution in [2.75, 3.05) is 12.4 Å². The van der Waals surface area contributed by atoms with Crippen LogP contribution in [-0.4, -0.2) is 27.8 Å². The fraction of sp³-hybridized carbons (Fsp3) is 0.130. The molecule has 140 valence electrons. The van der Waals surface area contributed by atoms with E-state index in [9.17, 15) is 4.79 Å². The number of hydrogen-bond acceptors (Lipinski definition) is 2. The molecule has 3 aromatic carbocycles. The number of carbonyl (C=O) groups excluding carboxylic acids is 1. The van der Waals surface area contributed by atoms with E-state index >= 15 is 0 Å². The van der Waals surface area contributed by atoms with Crippen LogP contribution in [-0.2, 0) is 13.1 Å². The number of fused-ring (bicyclic) bond motifs is 1. The van der Waals surface area contributed by atoms with Gasteiger partial charge in [0.15, 0.2) is 0 Å². The maximum Gasteiger partial charge on any atom is 0.321 e. The largest absolute Gasteiger partial charge is 0.323 e. The maximum absolute atomic E-state index is 12.6. The monoisotopic (exact) mass is 370 g/mol. The van der Waals surface area contributed by atoms with Gasteiger partial charge < -0.3 is 10.2 Å². The highest BCUT2D eigenvalue weighted by atomic mass is 16.2. The minimum atomic E-state index is -0.146. The third kappa shape index (κ3) is 4.04. The van der Waals surface area contributed by atoms with Crippen molar-refractivity contribution in [2.24, 2.45) is 0 Å². The summed E-state index contributed by atoms with van der Waals surface area (Å²) in [7, 11) is 1.79. The quantitative estimate of drug-likeness (QED) is 0.551. The molecule has 0 radical (unpaired) electrons. The zero-order chi connectivity index (χ0) is 19.3. The number of benzene rings is 3. The zero-order valence-corrected chi connectivity index (χ0v) is 15.7. The summed E-state index contributed by atoms with van der Waals surface area (Å²) >= 11 is 0. The molecule has 0 saturated carbocycles.